The number of nitrogens with two attached hydrogens (primary N) is 1. The third-order valence-electron chi connectivity index (χ3n) is 3.58. The molecule has 1 aliphatic rings. The number of carbonyl (C=O) groups is 1. The summed E-state index contributed by atoms with van der Waals surface area (Å²) in [6, 6.07) is 0. The van der Waals surface area contributed by atoms with Crippen LogP contribution in [0.4, 0.5) is 0 Å². The Bertz CT molecular complexity index is 235. The zero-order chi connectivity index (χ0) is 12.2. The van der Waals surface area contributed by atoms with Crippen molar-refractivity contribution in [2.75, 3.05) is 26.2 Å². The van der Waals surface area contributed by atoms with Crippen molar-refractivity contribution in [1.29, 1.82) is 0 Å². The Kier molecular flexibility index (Phi) is 4.74. The molecule has 16 heavy (non-hydrogen) atoms. The van der Waals surface area contributed by atoms with Gasteiger partial charge in [0.2, 0.25) is 0 Å². The molecule has 2 N–H and O–H groups in total. The van der Waals surface area contributed by atoms with E-state index >= 15 is 0 Å². The lowest BCUT2D eigenvalue weighted by atomic mass is 9.86. The molecule has 1 atom stereocenters. The SMILES string of the molecule is CCOC(=O)C(CN)C(C)(C)N1CCCC1. The van der Waals surface area contributed by atoms with Crippen LogP contribution >= 0.6 is 0 Å². The number of hydrogen-bond donors (Lipinski definition) is 1. The van der Waals surface area contributed by atoms with Gasteiger partial charge >= 0.3 is 5.97 Å². The van der Waals surface area contributed by atoms with Gasteiger partial charge in [0, 0.05) is 12.1 Å². The summed E-state index contributed by atoms with van der Waals surface area (Å²) in [7, 11) is 0. The average molecular weight is 228 g/mol. The molecule has 0 aromatic rings. The molecule has 1 saturated heterocycles. The minimum Gasteiger partial charge on any atom is -0.466 e. The maximum atomic E-state index is 11.8. The lowest BCUT2D eigenvalue weighted by Crippen LogP contribution is -2.53. The Hall–Kier alpha value is -0.610. The Morgan fingerprint density at radius 1 is 1.44 bits per heavy atom. The number of likely N-dealkylation sites (tertiary alicyclic amines) is 1. The third-order valence-corrected chi connectivity index (χ3v) is 3.58. The van der Waals surface area contributed by atoms with Crippen molar-refractivity contribution in [3.8, 4) is 0 Å². The van der Waals surface area contributed by atoms with Gasteiger partial charge in [-0.1, -0.05) is 0 Å². The van der Waals surface area contributed by atoms with Crippen molar-refractivity contribution in [2.45, 2.75) is 39.2 Å². The van der Waals surface area contributed by atoms with Gasteiger partial charge < -0.3 is 10.5 Å². The van der Waals surface area contributed by atoms with E-state index in [1.807, 2.05) is 6.92 Å². The molecule has 94 valence electrons. The number of nitrogens with zero attached hydrogens (tertiary/aromatic N) is 1. The van der Waals surface area contributed by atoms with Gasteiger partial charge in [-0.3, -0.25) is 9.69 Å². The first-order chi connectivity index (χ1) is 7.54. The van der Waals surface area contributed by atoms with E-state index < -0.39 is 0 Å². The number of esters is 1. The highest BCUT2D eigenvalue weighted by atomic mass is 16.5. The van der Waals surface area contributed by atoms with Crippen LogP contribution in [-0.2, 0) is 9.53 Å². The Morgan fingerprint density at radius 2 is 2.00 bits per heavy atom. The van der Waals surface area contributed by atoms with Crippen LogP contribution in [0.15, 0.2) is 0 Å². The average Bonchev–Trinajstić information content (AvgIpc) is 2.71. The molecular formula is C12H24N2O2. The van der Waals surface area contributed by atoms with E-state index in [2.05, 4.69) is 18.7 Å². The standard InChI is InChI=1S/C12H24N2O2/c1-4-16-11(15)10(9-13)12(2,3)14-7-5-6-8-14/h10H,4-9,13H2,1-3H3. The monoisotopic (exact) mass is 228 g/mol. The first-order valence-corrected chi connectivity index (χ1v) is 6.15. The van der Waals surface area contributed by atoms with Gasteiger partial charge in [0.25, 0.3) is 0 Å². The predicted octanol–water partition coefficient (Wildman–Crippen LogP) is 0.999. The van der Waals surface area contributed by atoms with Crippen LogP contribution < -0.4 is 5.73 Å². The largest absolute Gasteiger partial charge is 0.466 e. The van der Waals surface area contributed by atoms with Gasteiger partial charge in [-0.25, -0.2) is 0 Å². The smallest absolute Gasteiger partial charge is 0.312 e. The summed E-state index contributed by atoms with van der Waals surface area (Å²) in [5.41, 5.74) is 5.53. The van der Waals surface area contributed by atoms with Crippen LogP contribution in [0, 0.1) is 5.92 Å². The van der Waals surface area contributed by atoms with Gasteiger partial charge in [0.15, 0.2) is 0 Å². The van der Waals surface area contributed by atoms with E-state index in [0.29, 0.717) is 13.2 Å². The lowest BCUT2D eigenvalue weighted by Gasteiger charge is -2.40. The zero-order valence-corrected chi connectivity index (χ0v) is 10.7. The highest BCUT2D eigenvalue weighted by Gasteiger charge is 2.40. The summed E-state index contributed by atoms with van der Waals surface area (Å²) < 4.78 is 5.10. The molecule has 0 bridgehead atoms. The molecule has 1 heterocycles. The number of ether oxygens (including phenoxy) is 1. The van der Waals surface area contributed by atoms with E-state index in [4.69, 9.17) is 10.5 Å². The van der Waals surface area contributed by atoms with Crippen molar-refractivity contribution in [2.24, 2.45) is 11.7 Å². The summed E-state index contributed by atoms with van der Waals surface area (Å²) in [5.74, 6) is -0.396. The van der Waals surface area contributed by atoms with E-state index in [9.17, 15) is 4.79 Å². The first kappa shape index (κ1) is 13.5. The molecule has 1 rings (SSSR count). The van der Waals surface area contributed by atoms with Crippen molar-refractivity contribution in [1.82, 2.24) is 4.90 Å². The topological polar surface area (TPSA) is 55.6 Å². The normalized spacial score (nSPS) is 19.8. The Morgan fingerprint density at radius 3 is 2.44 bits per heavy atom. The molecule has 4 nitrogen and oxygen atoms in total. The third kappa shape index (κ3) is 2.74. The lowest BCUT2D eigenvalue weighted by molar-refractivity contribution is -0.152. The number of carbonyl (C=O) groups excluding carboxylic acids is 1. The van der Waals surface area contributed by atoms with Crippen molar-refractivity contribution in [3.05, 3.63) is 0 Å². The van der Waals surface area contributed by atoms with Crippen LogP contribution in [0.5, 0.6) is 0 Å². The van der Waals surface area contributed by atoms with Crippen LogP contribution in [0.2, 0.25) is 0 Å². The van der Waals surface area contributed by atoms with E-state index in [1.54, 1.807) is 0 Å². The summed E-state index contributed by atoms with van der Waals surface area (Å²) >= 11 is 0. The molecule has 1 unspecified atom stereocenters. The quantitative estimate of drug-likeness (QED) is 0.713. The van der Waals surface area contributed by atoms with Crippen LogP contribution in [0.25, 0.3) is 0 Å². The highest BCUT2D eigenvalue weighted by molar-refractivity contribution is 5.74. The predicted molar refractivity (Wildman–Crippen MR) is 64.1 cm³/mol. The first-order valence-electron chi connectivity index (χ1n) is 6.15. The Balaban J connectivity index is 2.72. The van der Waals surface area contributed by atoms with Gasteiger partial charge in [0.1, 0.15) is 0 Å². The summed E-state index contributed by atoms with van der Waals surface area (Å²) in [4.78, 5) is 14.2. The van der Waals surface area contributed by atoms with E-state index in [1.165, 1.54) is 12.8 Å². The van der Waals surface area contributed by atoms with Gasteiger partial charge in [-0.2, -0.15) is 0 Å². The van der Waals surface area contributed by atoms with Crippen molar-refractivity contribution in [3.63, 3.8) is 0 Å². The molecule has 4 heteroatoms. The van der Waals surface area contributed by atoms with Gasteiger partial charge in [-0.15, -0.1) is 0 Å². The molecule has 0 spiro atoms. The fourth-order valence-corrected chi connectivity index (χ4v) is 2.43. The fraction of sp³-hybridized carbons (Fsp3) is 0.917. The molecule has 1 fully saturated rings. The maximum absolute atomic E-state index is 11.8. The van der Waals surface area contributed by atoms with Crippen LogP contribution in [0.3, 0.4) is 0 Å². The second-order valence-corrected chi connectivity index (χ2v) is 4.89. The molecule has 0 aromatic carbocycles. The van der Waals surface area contributed by atoms with Gasteiger partial charge in [-0.05, 0) is 46.7 Å². The molecule has 0 aromatic heterocycles. The molecule has 0 saturated carbocycles. The molecular weight excluding hydrogens is 204 g/mol. The molecule has 1 aliphatic heterocycles. The molecule has 0 aliphatic carbocycles. The second kappa shape index (κ2) is 5.64. The highest BCUT2D eigenvalue weighted by Crippen LogP contribution is 2.28. The van der Waals surface area contributed by atoms with E-state index in [0.717, 1.165) is 13.1 Å². The Labute approximate surface area is 98.1 Å². The summed E-state index contributed by atoms with van der Waals surface area (Å²) in [6.45, 7) is 8.90. The van der Waals surface area contributed by atoms with E-state index in [-0.39, 0.29) is 17.4 Å². The summed E-state index contributed by atoms with van der Waals surface area (Å²) in [6.07, 6.45) is 2.42. The minimum absolute atomic E-state index is 0.165. The van der Waals surface area contributed by atoms with Crippen molar-refractivity contribution < 1.29 is 9.53 Å². The minimum atomic E-state index is -0.231. The number of hydrogen-bond acceptors (Lipinski definition) is 4. The zero-order valence-electron chi connectivity index (χ0n) is 10.7. The van der Waals surface area contributed by atoms with Gasteiger partial charge in [0.05, 0.1) is 12.5 Å². The fourth-order valence-electron chi connectivity index (χ4n) is 2.43. The number of rotatable bonds is 5. The maximum Gasteiger partial charge on any atom is 0.312 e. The molecule has 0 radical (unpaired) electrons. The summed E-state index contributed by atoms with van der Waals surface area (Å²) in [5, 5.41) is 0. The molecule has 0 amide bonds. The second-order valence-electron chi connectivity index (χ2n) is 4.89. The van der Waals surface area contributed by atoms with Crippen LogP contribution in [0.1, 0.15) is 33.6 Å². The van der Waals surface area contributed by atoms with Crippen molar-refractivity contribution >= 4 is 5.97 Å². The van der Waals surface area contributed by atoms with Crippen LogP contribution in [-0.4, -0.2) is 42.6 Å².